The summed E-state index contributed by atoms with van der Waals surface area (Å²) in [5.41, 5.74) is 4.37. The summed E-state index contributed by atoms with van der Waals surface area (Å²) in [5, 5.41) is 8.89. The number of nitrogens with two attached hydrogens (primary N) is 1. The molecule has 0 bridgehead atoms. The van der Waals surface area contributed by atoms with Gasteiger partial charge in [-0.2, -0.15) is 5.26 Å². The van der Waals surface area contributed by atoms with E-state index in [1.165, 1.54) is 0 Å². The number of rotatable bonds is 1. The SMILES string of the molecule is N#CC1(C(N)=O)CCCCCC1. The molecule has 0 unspecified atom stereocenters. The van der Waals surface area contributed by atoms with Crippen molar-refractivity contribution >= 4 is 5.91 Å². The third-order valence-electron chi connectivity index (χ3n) is 2.64. The largest absolute Gasteiger partial charge is 0.368 e. The first kappa shape index (κ1) is 9.05. The fourth-order valence-corrected chi connectivity index (χ4v) is 1.75. The van der Waals surface area contributed by atoms with Crippen LogP contribution in [0.25, 0.3) is 0 Å². The van der Waals surface area contributed by atoms with E-state index in [1.807, 2.05) is 0 Å². The van der Waals surface area contributed by atoms with Crippen molar-refractivity contribution in [3.05, 3.63) is 0 Å². The highest BCUT2D eigenvalue weighted by Crippen LogP contribution is 2.33. The van der Waals surface area contributed by atoms with Crippen molar-refractivity contribution in [3.63, 3.8) is 0 Å². The number of nitrogens with zero attached hydrogens (tertiary/aromatic N) is 1. The molecule has 3 nitrogen and oxygen atoms in total. The molecular weight excluding hydrogens is 152 g/mol. The van der Waals surface area contributed by atoms with Gasteiger partial charge >= 0.3 is 0 Å². The van der Waals surface area contributed by atoms with Gasteiger partial charge < -0.3 is 5.73 Å². The Bertz CT molecular complexity index is 209. The zero-order valence-corrected chi connectivity index (χ0v) is 7.18. The van der Waals surface area contributed by atoms with Gasteiger partial charge in [-0.15, -0.1) is 0 Å². The van der Waals surface area contributed by atoms with Crippen molar-refractivity contribution in [2.45, 2.75) is 38.5 Å². The van der Waals surface area contributed by atoms with Gasteiger partial charge in [0.15, 0.2) is 0 Å². The molecule has 0 spiro atoms. The van der Waals surface area contributed by atoms with Crippen molar-refractivity contribution in [1.82, 2.24) is 0 Å². The lowest BCUT2D eigenvalue weighted by Gasteiger charge is -2.19. The minimum absolute atomic E-state index is 0.438. The lowest BCUT2D eigenvalue weighted by atomic mass is 9.81. The van der Waals surface area contributed by atoms with Crippen molar-refractivity contribution < 1.29 is 4.79 Å². The lowest BCUT2D eigenvalue weighted by molar-refractivity contribution is -0.125. The Kier molecular flexibility index (Phi) is 2.69. The number of carbonyl (C=O) groups excluding carboxylic acids is 1. The molecule has 0 aliphatic heterocycles. The van der Waals surface area contributed by atoms with Crippen LogP contribution in [0.4, 0.5) is 0 Å². The van der Waals surface area contributed by atoms with Crippen molar-refractivity contribution in [2.75, 3.05) is 0 Å². The van der Waals surface area contributed by atoms with Crippen LogP contribution in [0.3, 0.4) is 0 Å². The zero-order chi connectivity index (χ0) is 9.03. The zero-order valence-electron chi connectivity index (χ0n) is 7.18. The molecule has 0 saturated heterocycles. The maximum atomic E-state index is 11.1. The number of nitriles is 1. The van der Waals surface area contributed by atoms with E-state index in [9.17, 15) is 4.79 Å². The fourth-order valence-electron chi connectivity index (χ4n) is 1.75. The van der Waals surface area contributed by atoms with E-state index in [2.05, 4.69) is 6.07 Å². The highest BCUT2D eigenvalue weighted by molar-refractivity contribution is 5.83. The highest BCUT2D eigenvalue weighted by atomic mass is 16.1. The van der Waals surface area contributed by atoms with Gasteiger partial charge in [0.05, 0.1) is 6.07 Å². The Morgan fingerprint density at radius 1 is 1.25 bits per heavy atom. The smallest absolute Gasteiger partial charge is 0.237 e. The van der Waals surface area contributed by atoms with E-state index in [1.54, 1.807) is 0 Å². The molecule has 66 valence electrons. The maximum absolute atomic E-state index is 11.1. The molecule has 3 heteroatoms. The van der Waals surface area contributed by atoms with Gasteiger partial charge in [-0.05, 0) is 12.8 Å². The normalized spacial score (nSPS) is 22.2. The molecule has 0 aromatic rings. The van der Waals surface area contributed by atoms with Crippen LogP contribution in [0.5, 0.6) is 0 Å². The molecule has 1 aliphatic rings. The van der Waals surface area contributed by atoms with E-state index in [4.69, 9.17) is 11.0 Å². The summed E-state index contributed by atoms with van der Waals surface area (Å²) in [6.07, 6.45) is 5.46. The molecule has 0 heterocycles. The number of carbonyl (C=O) groups is 1. The van der Waals surface area contributed by atoms with Crippen LogP contribution >= 0.6 is 0 Å². The minimum atomic E-state index is -0.851. The van der Waals surface area contributed by atoms with Crippen LogP contribution in [-0.4, -0.2) is 5.91 Å². The van der Waals surface area contributed by atoms with Crippen LogP contribution < -0.4 is 5.73 Å². The predicted molar refractivity (Wildman–Crippen MR) is 44.9 cm³/mol. The third kappa shape index (κ3) is 1.58. The third-order valence-corrected chi connectivity index (χ3v) is 2.64. The number of hydrogen-bond donors (Lipinski definition) is 1. The van der Waals surface area contributed by atoms with Gasteiger partial charge in [-0.1, -0.05) is 25.7 Å². The van der Waals surface area contributed by atoms with Gasteiger partial charge in [0.1, 0.15) is 5.41 Å². The van der Waals surface area contributed by atoms with Gasteiger partial charge in [0, 0.05) is 0 Å². The van der Waals surface area contributed by atoms with E-state index < -0.39 is 11.3 Å². The minimum Gasteiger partial charge on any atom is -0.368 e. The van der Waals surface area contributed by atoms with Crippen LogP contribution in [0.1, 0.15) is 38.5 Å². The average molecular weight is 166 g/mol. The topological polar surface area (TPSA) is 66.9 Å². The summed E-state index contributed by atoms with van der Waals surface area (Å²) in [5.74, 6) is -0.438. The van der Waals surface area contributed by atoms with Crippen LogP contribution in [-0.2, 0) is 4.79 Å². The van der Waals surface area contributed by atoms with Gasteiger partial charge in [0.2, 0.25) is 5.91 Å². The summed E-state index contributed by atoms with van der Waals surface area (Å²) >= 11 is 0. The molecule has 0 atom stereocenters. The van der Waals surface area contributed by atoms with Crippen molar-refractivity contribution in [2.24, 2.45) is 11.1 Å². The first-order valence-electron chi connectivity index (χ1n) is 4.42. The van der Waals surface area contributed by atoms with Crippen LogP contribution in [0, 0.1) is 16.7 Å². The molecule has 1 rings (SSSR count). The summed E-state index contributed by atoms with van der Waals surface area (Å²) in [4.78, 5) is 11.1. The Balaban J connectivity index is 2.77. The maximum Gasteiger partial charge on any atom is 0.237 e. The molecule has 1 aliphatic carbocycles. The number of amides is 1. The van der Waals surface area contributed by atoms with E-state index >= 15 is 0 Å². The van der Waals surface area contributed by atoms with E-state index in [0.717, 1.165) is 25.7 Å². The summed E-state index contributed by atoms with van der Waals surface area (Å²) < 4.78 is 0. The second-order valence-corrected chi connectivity index (χ2v) is 3.47. The second kappa shape index (κ2) is 3.57. The fraction of sp³-hybridized carbons (Fsp3) is 0.778. The summed E-state index contributed by atoms with van der Waals surface area (Å²) in [6.45, 7) is 0. The number of primary amides is 1. The first-order chi connectivity index (χ1) is 5.71. The molecule has 1 saturated carbocycles. The molecule has 2 N–H and O–H groups in total. The Morgan fingerprint density at radius 3 is 2.08 bits per heavy atom. The molecule has 0 aromatic heterocycles. The second-order valence-electron chi connectivity index (χ2n) is 3.47. The molecule has 1 fully saturated rings. The predicted octanol–water partition coefficient (Wildman–Crippen LogP) is 1.34. The van der Waals surface area contributed by atoms with Gasteiger partial charge in [0.25, 0.3) is 0 Å². The van der Waals surface area contributed by atoms with Crippen molar-refractivity contribution in [3.8, 4) is 6.07 Å². The molecule has 1 amide bonds. The highest BCUT2D eigenvalue weighted by Gasteiger charge is 2.36. The molecule has 12 heavy (non-hydrogen) atoms. The molecule has 0 radical (unpaired) electrons. The Hall–Kier alpha value is -1.04. The van der Waals surface area contributed by atoms with Crippen LogP contribution in [0.15, 0.2) is 0 Å². The van der Waals surface area contributed by atoms with E-state index in [-0.39, 0.29) is 0 Å². The van der Waals surface area contributed by atoms with Gasteiger partial charge in [-0.3, -0.25) is 4.79 Å². The first-order valence-corrected chi connectivity index (χ1v) is 4.42. The standard InChI is InChI=1S/C9H14N2O/c10-7-9(8(11)12)5-3-1-2-4-6-9/h1-6H2,(H2,11,12). The lowest BCUT2D eigenvalue weighted by Crippen LogP contribution is -2.35. The summed E-state index contributed by atoms with van der Waals surface area (Å²) in [6, 6.07) is 2.08. The molecule has 0 aromatic carbocycles. The number of hydrogen-bond acceptors (Lipinski definition) is 2. The van der Waals surface area contributed by atoms with Crippen LogP contribution in [0.2, 0.25) is 0 Å². The average Bonchev–Trinajstić information content (AvgIpc) is 2.29. The summed E-state index contributed by atoms with van der Waals surface area (Å²) in [7, 11) is 0. The Morgan fingerprint density at radius 2 is 1.75 bits per heavy atom. The molecular formula is C9H14N2O. The monoisotopic (exact) mass is 166 g/mol. The quantitative estimate of drug-likeness (QED) is 0.597. The van der Waals surface area contributed by atoms with E-state index in [0.29, 0.717) is 12.8 Å². The van der Waals surface area contributed by atoms with Crippen molar-refractivity contribution in [1.29, 1.82) is 5.26 Å². The Labute approximate surface area is 72.5 Å². The van der Waals surface area contributed by atoms with Gasteiger partial charge in [-0.25, -0.2) is 0 Å².